The highest BCUT2D eigenvalue weighted by molar-refractivity contribution is 6.16. The van der Waals surface area contributed by atoms with E-state index in [1.165, 1.54) is 16.7 Å². The normalized spacial score (nSPS) is 43.0. The van der Waals surface area contributed by atoms with Crippen molar-refractivity contribution in [1.29, 1.82) is 0 Å². The Morgan fingerprint density at radius 1 is 1.20 bits per heavy atom. The van der Waals surface area contributed by atoms with Crippen LogP contribution in [0.4, 0.5) is 0 Å². The molecule has 5 aliphatic rings. The highest BCUT2D eigenvalue weighted by Crippen LogP contribution is 2.71. The van der Waals surface area contributed by atoms with E-state index in [0.717, 1.165) is 5.57 Å². The van der Waals surface area contributed by atoms with E-state index >= 15 is 0 Å². The predicted octanol–water partition coefficient (Wildman–Crippen LogP) is 0.992. The maximum atomic E-state index is 11.1. The lowest BCUT2D eigenvalue weighted by molar-refractivity contribution is -0.111. The molecule has 0 saturated heterocycles. The summed E-state index contributed by atoms with van der Waals surface area (Å²) in [6, 6.07) is 0. The summed E-state index contributed by atoms with van der Waals surface area (Å²) in [6.45, 7) is 0. The van der Waals surface area contributed by atoms with Crippen molar-refractivity contribution in [2.45, 2.75) is 0 Å². The molecule has 5 rings (SSSR count). The SMILES string of the molecule is O=C1C=C2C3=C1C1C(=C3)C21. The molecule has 0 heterocycles. The van der Waals surface area contributed by atoms with Crippen LogP contribution in [-0.4, -0.2) is 5.78 Å². The van der Waals surface area contributed by atoms with E-state index in [1.807, 2.05) is 6.08 Å². The van der Waals surface area contributed by atoms with Crippen LogP contribution in [0.1, 0.15) is 0 Å². The van der Waals surface area contributed by atoms with Gasteiger partial charge in [0.25, 0.3) is 0 Å². The monoisotopic (exact) mass is 128 g/mol. The molecule has 1 fully saturated rings. The van der Waals surface area contributed by atoms with Crippen molar-refractivity contribution < 1.29 is 4.79 Å². The largest absolute Gasteiger partial charge is 0.290 e. The van der Waals surface area contributed by atoms with E-state index in [4.69, 9.17) is 0 Å². The number of hydrogen-bond donors (Lipinski definition) is 0. The molecule has 0 amide bonds. The number of allylic oxidation sites excluding steroid dienone is 6. The molecule has 2 unspecified atom stereocenters. The average Bonchev–Trinajstić information content (AvgIpc) is 2.34. The molecule has 5 aliphatic carbocycles. The van der Waals surface area contributed by atoms with Crippen LogP contribution >= 0.6 is 0 Å². The van der Waals surface area contributed by atoms with E-state index in [-0.39, 0.29) is 5.78 Å². The first-order valence-electron chi connectivity index (χ1n) is 3.60. The van der Waals surface area contributed by atoms with Gasteiger partial charge in [0.15, 0.2) is 5.78 Å². The molecular weight excluding hydrogens is 124 g/mol. The topological polar surface area (TPSA) is 17.1 Å². The number of carbonyl (C=O) groups excluding carboxylic acids is 1. The smallest absolute Gasteiger partial charge is 0.183 e. The van der Waals surface area contributed by atoms with Gasteiger partial charge in [0.1, 0.15) is 0 Å². The van der Waals surface area contributed by atoms with E-state index < -0.39 is 0 Å². The molecule has 1 heteroatoms. The van der Waals surface area contributed by atoms with Gasteiger partial charge in [0, 0.05) is 17.4 Å². The standard InChI is InChI=1S/C9H4O/c10-6-2-4-3-1-5-7(4)9(5)8(3)6/h1-2,7,9H. The summed E-state index contributed by atoms with van der Waals surface area (Å²) < 4.78 is 0. The number of hydrogen-bond acceptors (Lipinski definition) is 1. The second kappa shape index (κ2) is 0.782. The maximum absolute atomic E-state index is 11.1. The van der Waals surface area contributed by atoms with E-state index in [2.05, 4.69) is 6.08 Å². The van der Waals surface area contributed by atoms with Gasteiger partial charge in [-0.15, -0.1) is 0 Å². The lowest BCUT2D eigenvalue weighted by atomic mass is 10.1. The molecule has 46 valence electrons. The Morgan fingerprint density at radius 2 is 2.10 bits per heavy atom. The molecule has 0 spiro atoms. The number of rotatable bonds is 0. The van der Waals surface area contributed by atoms with Gasteiger partial charge in [-0.3, -0.25) is 4.79 Å². The van der Waals surface area contributed by atoms with Gasteiger partial charge in [-0.2, -0.15) is 0 Å². The Labute approximate surface area is 57.7 Å². The Hall–Kier alpha value is -1.11. The Kier molecular flexibility index (Phi) is 0.306. The van der Waals surface area contributed by atoms with E-state index in [0.29, 0.717) is 11.8 Å². The number of carbonyl (C=O) groups is 1. The van der Waals surface area contributed by atoms with Gasteiger partial charge >= 0.3 is 0 Å². The van der Waals surface area contributed by atoms with Crippen molar-refractivity contribution in [3.05, 3.63) is 34.4 Å². The molecular formula is C9H4O. The van der Waals surface area contributed by atoms with Crippen molar-refractivity contribution in [2.75, 3.05) is 0 Å². The van der Waals surface area contributed by atoms with Crippen LogP contribution in [-0.2, 0) is 4.79 Å². The molecule has 2 atom stereocenters. The lowest BCUT2D eigenvalue weighted by Crippen LogP contribution is -1.99. The molecule has 0 radical (unpaired) electrons. The predicted molar refractivity (Wildman–Crippen MR) is 35.2 cm³/mol. The zero-order chi connectivity index (χ0) is 6.46. The van der Waals surface area contributed by atoms with Crippen LogP contribution < -0.4 is 0 Å². The second-order valence-corrected chi connectivity index (χ2v) is 3.39. The summed E-state index contributed by atoms with van der Waals surface area (Å²) in [5, 5.41) is 0. The highest BCUT2D eigenvalue weighted by Gasteiger charge is 2.63. The van der Waals surface area contributed by atoms with Crippen molar-refractivity contribution in [3.63, 3.8) is 0 Å². The summed E-state index contributed by atoms with van der Waals surface area (Å²) >= 11 is 0. The fourth-order valence-corrected chi connectivity index (χ4v) is 2.65. The zero-order valence-corrected chi connectivity index (χ0v) is 5.22. The van der Waals surface area contributed by atoms with Crippen LogP contribution in [0.3, 0.4) is 0 Å². The van der Waals surface area contributed by atoms with Gasteiger partial charge in [0.2, 0.25) is 0 Å². The van der Waals surface area contributed by atoms with Crippen LogP contribution in [0.5, 0.6) is 0 Å². The van der Waals surface area contributed by atoms with Crippen LogP contribution in [0.25, 0.3) is 0 Å². The third-order valence-corrected chi connectivity index (χ3v) is 3.05. The summed E-state index contributed by atoms with van der Waals surface area (Å²) in [4.78, 5) is 11.1. The summed E-state index contributed by atoms with van der Waals surface area (Å²) in [6.07, 6.45) is 4.03. The second-order valence-electron chi connectivity index (χ2n) is 3.39. The third kappa shape index (κ3) is 0.176. The Morgan fingerprint density at radius 3 is 2.60 bits per heavy atom. The van der Waals surface area contributed by atoms with Crippen molar-refractivity contribution in [3.8, 4) is 0 Å². The number of ketones is 1. The van der Waals surface area contributed by atoms with Crippen LogP contribution in [0.15, 0.2) is 34.4 Å². The quantitative estimate of drug-likeness (QED) is 0.475. The zero-order valence-electron chi connectivity index (χ0n) is 5.22. The minimum atomic E-state index is 0.287. The molecule has 0 aromatic carbocycles. The molecule has 1 nitrogen and oxygen atoms in total. The van der Waals surface area contributed by atoms with Gasteiger partial charge in [-0.1, -0.05) is 11.6 Å². The average molecular weight is 128 g/mol. The first kappa shape index (κ1) is 3.91. The van der Waals surface area contributed by atoms with Crippen LogP contribution in [0, 0.1) is 11.8 Å². The van der Waals surface area contributed by atoms with Crippen molar-refractivity contribution >= 4 is 5.78 Å². The van der Waals surface area contributed by atoms with Crippen molar-refractivity contribution in [1.82, 2.24) is 0 Å². The van der Waals surface area contributed by atoms with Gasteiger partial charge in [0.05, 0.1) is 0 Å². The first-order valence-corrected chi connectivity index (χ1v) is 3.60. The summed E-state index contributed by atoms with van der Waals surface area (Å²) in [5.41, 5.74) is 5.26. The first-order chi connectivity index (χ1) is 4.88. The molecule has 6 bridgehead atoms. The molecule has 0 aliphatic heterocycles. The third-order valence-electron chi connectivity index (χ3n) is 3.05. The Bertz CT molecular complexity index is 393. The van der Waals surface area contributed by atoms with Gasteiger partial charge in [-0.25, -0.2) is 0 Å². The van der Waals surface area contributed by atoms with E-state index in [1.54, 1.807) is 0 Å². The van der Waals surface area contributed by atoms with Gasteiger partial charge < -0.3 is 0 Å². The molecule has 0 N–H and O–H groups in total. The lowest BCUT2D eigenvalue weighted by Gasteiger charge is -1.94. The van der Waals surface area contributed by atoms with E-state index in [9.17, 15) is 4.79 Å². The molecule has 0 aromatic heterocycles. The minimum absolute atomic E-state index is 0.287. The summed E-state index contributed by atoms with van der Waals surface area (Å²) in [5.74, 6) is 1.57. The fraction of sp³-hybridized carbons (Fsp3) is 0.222. The van der Waals surface area contributed by atoms with Crippen molar-refractivity contribution in [2.24, 2.45) is 11.8 Å². The fourth-order valence-electron chi connectivity index (χ4n) is 2.65. The summed E-state index contributed by atoms with van der Waals surface area (Å²) in [7, 11) is 0. The molecule has 10 heavy (non-hydrogen) atoms. The van der Waals surface area contributed by atoms with Gasteiger partial charge in [-0.05, 0) is 17.2 Å². The highest BCUT2D eigenvalue weighted by atomic mass is 16.1. The Balaban J connectivity index is 2.29. The molecule has 1 saturated carbocycles. The minimum Gasteiger partial charge on any atom is -0.290 e. The van der Waals surface area contributed by atoms with Crippen LogP contribution in [0.2, 0.25) is 0 Å². The molecule has 0 aromatic rings. The maximum Gasteiger partial charge on any atom is 0.183 e.